The minimum Gasteiger partial charge on any atom is -0.494 e. The molecular formula is C33H43FN4O3Si. The number of amides is 1. The van der Waals surface area contributed by atoms with Crippen LogP contribution in [0, 0.1) is 5.82 Å². The largest absolute Gasteiger partial charge is 0.494 e. The Balaban J connectivity index is 1.29. The van der Waals surface area contributed by atoms with Crippen molar-refractivity contribution in [2.45, 2.75) is 70.6 Å². The number of carbonyl (C=O) groups excluding carboxylic acids is 1. The van der Waals surface area contributed by atoms with Crippen LogP contribution >= 0.6 is 0 Å². The smallest absolute Gasteiger partial charge is 0.234 e. The van der Waals surface area contributed by atoms with Gasteiger partial charge in [-0.05, 0) is 60.3 Å². The van der Waals surface area contributed by atoms with Gasteiger partial charge in [0.15, 0.2) is 19.9 Å². The molecule has 0 saturated carbocycles. The number of hydrogen-bond acceptors (Lipinski definition) is 5. The Labute approximate surface area is 248 Å². The summed E-state index contributed by atoms with van der Waals surface area (Å²) in [4.78, 5) is 21.3. The minimum atomic E-state index is -1.83. The molecule has 1 unspecified atom stereocenters. The lowest BCUT2D eigenvalue weighted by Crippen LogP contribution is -2.45. The normalized spacial score (nSPS) is 15.6. The highest BCUT2D eigenvalue weighted by Gasteiger charge is 2.36. The number of aryl methyl sites for hydroxylation is 1. The van der Waals surface area contributed by atoms with Crippen molar-refractivity contribution < 1.29 is 18.3 Å². The number of nitrogens with zero attached hydrogens (tertiary/aromatic N) is 1. The van der Waals surface area contributed by atoms with Gasteiger partial charge in [0.2, 0.25) is 5.91 Å². The summed E-state index contributed by atoms with van der Waals surface area (Å²) in [6, 6.07) is 13.5. The van der Waals surface area contributed by atoms with E-state index in [4.69, 9.17) is 14.1 Å². The average molecular weight is 591 g/mol. The SMILES string of the molecule is COc1ccc(Cc2nc3c(c4c2[nH]c2ccccc24)CCC(NCC(=O)NCCO[Si](C)(C)C(C)(C)C)C3)cc1F. The first-order valence-corrected chi connectivity index (χ1v) is 17.7. The van der Waals surface area contributed by atoms with Crippen molar-refractivity contribution in [3.05, 3.63) is 70.8 Å². The van der Waals surface area contributed by atoms with Crippen LogP contribution in [0.1, 0.15) is 49.7 Å². The molecule has 1 aliphatic carbocycles. The van der Waals surface area contributed by atoms with E-state index in [1.54, 1.807) is 6.07 Å². The number of H-pyrrole nitrogens is 1. The number of methoxy groups -OCH3 is 1. The molecule has 2 heterocycles. The molecule has 1 atom stereocenters. The summed E-state index contributed by atoms with van der Waals surface area (Å²) in [6.07, 6.45) is 3.03. The van der Waals surface area contributed by atoms with E-state index in [-0.39, 0.29) is 35.1 Å². The molecule has 3 N–H and O–H groups in total. The molecule has 0 radical (unpaired) electrons. The second-order valence-corrected chi connectivity index (χ2v) is 17.6. The van der Waals surface area contributed by atoms with E-state index in [2.05, 4.69) is 67.7 Å². The van der Waals surface area contributed by atoms with E-state index in [1.165, 1.54) is 29.5 Å². The van der Waals surface area contributed by atoms with Crippen molar-refractivity contribution in [2.75, 3.05) is 26.8 Å². The number of benzene rings is 2. The maximum atomic E-state index is 14.5. The predicted molar refractivity (Wildman–Crippen MR) is 169 cm³/mol. The molecule has 2 aromatic heterocycles. The molecule has 224 valence electrons. The van der Waals surface area contributed by atoms with Gasteiger partial charge in [0, 0.05) is 47.4 Å². The van der Waals surface area contributed by atoms with E-state index in [9.17, 15) is 9.18 Å². The van der Waals surface area contributed by atoms with Gasteiger partial charge in [-0.2, -0.15) is 0 Å². The molecule has 7 nitrogen and oxygen atoms in total. The third-order valence-corrected chi connectivity index (χ3v) is 13.5. The number of ether oxygens (including phenoxy) is 1. The van der Waals surface area contributed by atoms with Crippen LogP contribution in [-0.4, -0.2) is 57.0 Å². The standard InChI is InChI=1S/C33H43FN4O3Si/c1-33(2,3)42(5,6)41-16-15-35-30(39)20-36-22-12-13-24-27(19-22)37-28(18-21-11-14-29(40-4)25(34)17-21)32-31(24)23-9-7-8-10-26(23)38-32/h7-11,14,17,22,36,38H,12-13,15-16,18-20H2,1-6H3,(H,35,39). The summed E-state index contributed by atoms with van der Waals surface area (Å²) < 4.78 is 25.8. The highest BCUT2D eigenvalue weighted by atomic mass is 28.4. The molecule has 1 amide bonds. The van der Waals surface area contributed by atoms with Crippen LogP contribution in [-0.2, 0) is 28.5 Å². The number of fused-ring (bicyclic) bond motifs is 5. The van der Waals surface area contributed by atoms with Crippen LogP contribution in [0.25, 0.3) is 21.8 Å². The van der Waals surface area contributed by atoms with Crippen molar-refractivity contribution in [1.29, 1.82) is 0 Å². The van der Waals surface area contributed by atoms with Crippen LogP contribution in [0.15, 0.2) is 42.5 Å². The van der Waals surface area contributed by atoms with E-state index < -0.39 is 8.32 Å². The summed E-state index contributed by atoms with van der Waals surface area (Å²) in [5.41, 5.74) is 6.11. The molecule has 0 aliphatic heterocycles. The van der Waals surface area contributed by atoms with Gasteiger partial charge in [-0.1, -0.05) is 45.0 Å². The van der Waals surface area contributed by atoms with Gasteiger partial charge in [-0.3, -0.25) is 9.78 Å². The zero-order valence-corrected chi connectivity index (χ0v) is 26.6. The van der Waals surface area contributed by atoms with Crippen LogP contribution in [0.2, 0.25) is 18.1 Å². The zero-order valence-electron chi connectivity index (χ0n) is 25.6. The third kappa shape index (κ3) is 6.38. The fraction of sp³-hybridized carbons (Fsp3) is 0.455. The molecule has 4 aromatic rings. The Bertz CT molecular complexity index is 1590. The second-order valence-electron chi connectivity index (χ2n) is 12.8. The summed E-state index contributed by atoms with van der Waals surface area (Å²) in [6.45, 7) is 12.4. The molecule has 1 aliphatic rings. The van der Waals surface area contributed by atoms with Crippen LogP contribution in [0.3, 0.4) is 0 Å². The first-order valence-electron chi connectivity index (χ1n) is 14.8. The predicted octanol–water partition coefficient (Wildman–Crippen LogP) is 6.04. The number of carbonyl (C=O) groups is 1. The summed E-state index contributed by atoms with van der Waals surface area (Å²) in [5.74, 6) is -0.175. The first-order chi connectivity index (χ1) is 20.0. The lowest BCUT2D eigenvalue weighted by Gasteiger charge is -2.36. The fourth-order valence-corrected chi connectivity index (χ4v) is 6.57. The van der Waals surface area contributed by atoms with Gasteiger partial charge in [0.1, 0.15) is 0 Å². The molecular weight excluding hydrogens is 547 g/mol. The van der Waals surface area contributed by atoms with Gasteiger partial charge >= 0.3 is 0 Å². The molecule has 0 spiro atoms. The molecule has 42 heavy (non-hydrogen) atoms. The number of nitrogens with one attached hydrogen (secondary N) is 3. The van der Waals surface area contributed by atoms with E-state index >= 15 is 0 Å². The third-order valence-electron chi connectivity index (χ3n) is 8.93. The fourth-order valence-electron chi connectivity index (χ4n) is 5.52. The Hall–Kier alpha value is -3.27. The summed E-state index contributed by atoms with van der Waals surface area (Å²) in [5, 5.41) is 8.98. The van der Waals surface area contributed by atoms with E-state index in [1.807, 2.05) is 12.1 Å². The molecule has 5 rings (SSSR count). The van der Waals surface area contributed by atoms with Crippen molar-refractivity contribution in [2.24, 2.45) is 0 Å². The maximum Gasteiger partial charge on any atom is 0.234 e. The maximum absolute atomic E-state index is 14.5. The second kappa shape index (κ2) is 12.1. The molecule has 2 aromatic carbocycles. The minimum absolute atomic E-state index is 0.0260. The Kier molecular flexibility index (Phi) is 8.73. The summed E-state index contributed by atoms with van der Waals surface area (Å²) in [7, 11) is -0.357. The van der Waals surface area contributed by atoms with Crippen molar-refractivity contribution in [1.82, 2.24) is 20.6 Å². The highest BCUT2D eigenvalue weighted by Crippen LogP contribution is 2.37. The quantitative estimate of drug-likeness (QED) is 0.155. The Morgan fingerprint density at radius 1 is 1.19 bits per heavy atom. The lowest BCUT2D eigenvalue weighted by atomic mass is 9.88. The highest BCUT2D eigenvalue weighted by molar-refractivity contribution is 6.74. The van der Waals surface area contributed by atoms with Crippen molar-refractivity contribution in [3.63, 3.8) is 0 Å². The van der Waals surface area contributed by atoms with Gasteiger partial charge in [-0.25, -0.2) is 4.39 Å². The number of hydrogen-bond donors (Lipinski definition) is 3. The van der Waals surface area contributed by atoms with Gasteiger partial charge in [0.05, 0.1) is 31.5 Å². The van der Waals surface area contributed by atoms with E-state index in [0.29, 0.717) is 19.6 Å². The molecule has 0 fully saturated rings. The number of aromatic nitrogens is 2. The number of para-hydroxylation sites is 1. The van der Waals surface area contributed by atoms with Crippen LogP contribution < -0.4 is 15.4 Å². The molecule has 0 bridgehead atoms. The monoisotopic (exact) mass is 590 g/mol. The average Bonchev–Trinajstić information content (AvgIpc) is 3.34. The van der Waals surface area contributed by atoms with Crippen molar-refractivity contribution in [3.8, 4) is 5.75 Å². The van der Waals surface area contributed by atoms with Gasteiger partial charge < -0.3 is 24.8 Å². The number of pyridine rings is 1. The van der Waals surface area contributed by atoms with E-state index in [0.717, 1.165) is 47.2 Å². The number of halogens is 1. The Morgan fingerprint density at radius 2 is 1.98 bits per heavy atom. The zero-order chi connectivity index (χ0) is 30.1. The molecule has 9 heteroatoms. The topological polar surface area (TPSA) is 88.3 Å². The summed E-state index contributed by atoms with van der Waals surface area (Å²) >= 11 is 0. The van der Waals surface area contributed by atoms with Gasteiger partial charge in [-0.15, -0.1) is 0 Å². The number of aromatic amines is 1. The Morgan fingerprint density at radius 3 is 2.71 bits per heavy atom. The van der Waals surface area contributed by atoms with Crippen molar-refractivity contribution >= 4 is 36.0 Å². The van der Waals surface area contributed by atoms with Gasteiger partial charge in [0.25, 0.3) is 0 Å². The van der Waals surface area contributed by atoms with Crippen LogP contribution in [0.4, 0.5) is 4.39 Å². The molecule has 0 saturated heterocycles. The van der Waals surface area contributed by atoms with Crippen LogP contribution in [0.5, 0.6) is 5.75 Å². The first kappa shape index (κ1) is 30.2. The number of rotatable bonds is 10. The lowest BCUT2D eigenvalue weighted by molar-refractivity contribution is -0.120.